The topological polar surface area (TPSA) is 43.9 Å². The van der Waals surface area contributed by atoms with Gasteiger partial charge in [0.15, 0.2) is 0 Å². The van der Waals surface area contributed by atoms with E-state index >= 15 is 0 Å². The number of carbonyl (C=O) groups excluding carboxylic acids is 2. The Labute approximate surface area is 143 Å². The summed E-state index contributed by atoms with van der Waals surface area (Å²) in [6.45, 7) is 4.98. The van der Waals surface area contributed by atoms with E-state index in [1.165, 1.54) is 5.56 Å². The Morgan fingerprint density at radius 3 is 2.46 bits per heavy atom. The molecule has 0 bridgehead atoms. The van der Waals surface area contributed by atoms with Gasteiger partial charge in [-0.05, 0) is 5.56 Å². The summed E-state index contributed by atoms with van der Waals surface area (Å²) in [4.78, 5) is 28.9. The molecule has 0 saturated carbocycles. The fraction of sp³-hybridized carbons (Fsp3) is 0.474. The van der Waals surface area contributed by atoms with Gasteiger partial charge in [-0.2, -0.15) is 0 Å². The minimum absolute atomic E-state index is 0.123. The second-order valence-electron chi connectivity index (χ2n) is 6.32. The summed E-state index contributed by atoms with van der Waals surface area (Å²) in [5, 5.41) is 0. The molecule has 0 unspecified atom stereocenters. The predicted molar refractivity (Wildman–Crippen MR) is 92.1 cm³/mol. The van der Waals surface area contributed by atoms with Crippen molar-refractivity contribution in [1.29, 1.82) is 0 Å². The highest BCUT2D eigenvalue weighted by Gasteiger charge is 2.35. The molecule has 1 aromatic carbocycles. The summed E-state index contributed by atoms with van der Waals surface area (Å²) in [6.07, 6.45) is 1.91. The summed E-state index contributed by atoms with van der Waals surface area (Å²) in [7, 11) is 0. The van der Waals surface area contributed by atoms with E-state index in [1.807, 2.05) is 35.2 Å². The van der Waals surface area contributed by atoms with Crippen LogP contribution in [-0.4, -0.2) is 72.3 Å². The first-order chi connectivity index (χ1) is 11.8. The molecular weight excluding hydrogens is 302 g/mol. The summed E-state index contributed by atoms with van der Waals surface area (Å²) < 4.78 is 0. The van der Waals surface area contributed by atoms with Crippen LogP contribution in [0.3, 0.4) is 0 Å². The van der Waals surface area contributed by atoms with Crippen LogP contribution in [0.1, 0.15) is 12.0 Å². The second kappa shape index (κ2) is 7.98. The van der Waals surface area contributed by atoms with Crippen molar-refractivity contribution in [3.63, 3.8) is 0 Å². The Balaban J connectivity index is 1.36. The summed E-state index contributed by atoms with van der Waals surface area (Å²) in [6, 6.07) is 10.5. The average Bonchev–Trinajstić information content (AvgIpc) is 2.59. The lowest BCUT2D eigenvalue weighted by Crippen LogP contribution is -2.64. The van der Waals surface area contributed by atoms with Crippen molar-refractivity contribution in [2.45, 2.75) is 18.9 Å². The zero-order chi connectivity index (χ0) is 16.8. The molecule has 126 valence electrons. The molecule has 2 fully saturated rings. The number of rotatable bonds is 4. The van der Waals surface area contributed by atoms with Gasteiger partial charge in [-0.3, -0.25) is 14.5 Å². The van der Waals surface area contributed by atoms with Gasteiger partial charge in [0, 0.05) is 51.7 Å². The van der Waals surface area contributed by atoms with Crippen LogP contribution in [0.25, 0.3) is 0 Å². The third-order valence-corrected chi connectivity index (χ3v) is 4.73. The number of piperazine rings is 1. The first-order valence-electron chi connectivity index (χ1n) is 8.47. The van der Waals surface area contributed by atoms with E-state index < -0.39 is 0 Å². The molecule has 24 heavy (non-hydrogen) atoms. The van der Waals surface area contributed by atoms with Gasteiger partial charge in [-0.15, -0.1) is 0 Å². The molecule has 3 rings (SSSR count). The Kier molecular flexibility index (Phi) is 5.50. The zero-order valence-corrected chi connectivity index (χ0v) is 13.9. The van der Waals surface area contributed by atoms with Crippen molar-refractivity contribution in [1.82, 2.24) is 14.7 Å². The van der Waals surface area contributed by atoms with Crippen molar-refractivity contribution in [3.05, 3.63) is 35.9 Å². The molecule has 0 spiro atoms. The number of hydrogen-bond donors (Lipinski definition) is 0. The second-order valence-corrected chi connectivity index (χ2v) is 6.32. The van der Waals surface area contributed by atoms with Gasteiger partial charge >= 0.3 is 0 Å². The van der Waals surface area contributed by atoms with Crippen LogP contribution in [-0.2, 0) is 16.0 Å². The van der Waals surface area contributed by atoms with E-state index in [4.69, 9.17) is 0 Å². The normalized spacial score (nSPS) is 18.5. The highest BCUT2D eigenvalue weighted by atomic mass is 16.2. The third-order valence-electron chi connectivity index (χ3n) is 4.73. The maximum absolute atomic E-state index is 12.1. The van der Waals surface area contributed by atoms with E-state index in [0.29, 0.717) is 18.9 Å². The monoisotopic (exact) mass is 325 g/mol. The Hall–Kier alpha value is -2.32. The SMILES string of the molecule is O=CN1CCN(C2CN(C(=O)CC#CCc3ccccc3)C2)CC1. The molecule has 2 saturated heterocycles. The fourth-order valence-corrected chi connectivity index (χ4v) is 3.11. The molecule has 0 aromatic heterocycles. The Bertz CT molecular complexity index is 621. The number of amides is 2. The standard InChI is InChI=1S/C19H23N3O2/c23-16-20-10-12-21(13-11-20)18-14-22(15-18)19(24)9-5-4-8-17-6-2-1-3-7-17/h1-3,6-7,16,18H,8-15H2. The van der Waals surface area contributed by atoms with Gasteiger partial charge < -0.3 is 9.80 Å². The van der Waals surface area contributed by atoms with Gasteiger partial charge in [0.05, 0.1) is 6.42 Å². The van der Waals surface area contributed by atoms with Crippen molar-refractivity contribution in [2.75, 3.05) is 39.3 Å². The third kappa shape index (κ3) is 4.15. The molecule has 0 N–H and O–H groups in total. The highest BCUT2D eigenvalue weighted by molar-refractivity contribution is 5.79. The van der Waals surface area contributed by atoms with E-state index in [-0.39, 0.29) is 5.91 Å². The van der Waals surface area contributed by atoms with Crippen molar-refractivity contribution in [3.8, 4) is 11.8 Å². The molecule has 2 heterocycles. The maximum atomic E-state index is 12.1. The molecule has 0 atom stereocenters. The molecule has 2 aliphatic rings. The number of hydrogen-bond acceptors (Lipinski definition) is 3. The first-order valence-corrected chi connectivity index (χ1v) is 8.47. The minimum Gasteiger partial charge on any atom is -0.343 e. The van der Waals surface area contributed by atoms with Gasteiger partial charge in [0.25, 0.3) is 0 Å². The minimum atomic E-state index is 0.123. The van der Waals surface area contributed by atoms with Crippen LogP contribution in [0, 0.1) is 11.8 Å². The van der Waals surface area contributed by atoms with Crippen LogP contribution < -0.4 is 0 Å². The molecule has 2 amide bonds. The van der Waals surface area contributed by atoms with Crippen LogP contribution in [0.15, 0.2) is 30.3 Å². The highest BCUT2D eigenvalue weighted by Crippen LogP contribution is 2.17. The van der Waals surface area contributed by atoms with Gasteiger partial charge in [-0.25, -0.2) is 0 Å². The van der Waals surface area contributed by atoms with Crippen LogP contribution in [0.4, 0.5) is 0 Å². The summed E-state index contributed by atoms with van der Waals surface area (Å²) in [5.41, 5.74) is 1.18. The summed E-state index contributed by atoms with van der Waals surface area (Å²) >= 11 is 0. The largest absolute Gasteiger partial charge is 0.343 e. The van der Waals surface area contributed by atoms with Crippen LogP contribution in [0.5, 0.6) is 0 Å². The van der Waals surface area contributed by atoms with Crippen molar-refractivity contribution >= 4 is 12.3 Å². The van der Waals surface area contributed by atoms with Crippen molar-refractivity contribution in [2.24, 2.45) is 0 Å². The number of nitrogens with zero attached hydrogens (tertiary/aromatic N) is 3. The lowest BCUT2D eigenvalue weighted by atomic mass is 10.1. The Morgan fingerprint density at radius 2 is 1.79 bits per heavy atom. The summed E-state index contributed by atoms with van der Waals surface area (Å²) in [5.74, 6) is 6.19. The molecule has 5 heteroatoms. The van der Waals surface area contributed by atoms with Crippen molar-refractivity contribution < 1.29 is 9.59 Å². The smallest absolute Gasteiger partial charge is 0.234 e. The van der Waals surface area contributed by atoms with E-state index in [9.17, 15) is 9.59 Å². The molecule has 0 radical (unpaired) electrons. The van der Waals surface area contributed by atoms with Gasteiger partial charge in [0.2, 0.25) is 12.3 Å². The molecule has 1 aromatic rings. The van der Waals surface area contributed by atoms with E-state index in [1.54, 1.807) is 4.90 Å². The van der Waals surface area contributed by atoms with Crippen LogP contribution >= 0.6 is 0 Å². The zero-order valence-electron chi connectivity index (χ0n) is 13.9. The maximum Gasteiger partial charge on any atom is 0.234 e. The number of benzene rings is 1. The fourth-order valence-electron chi connectivity index (χ4n) is 3.11. The molecular formula is C19H23N3O2. The Morgan fingerprint density at radius 1 is 1.08 bits per heavy atom. The van der Waals surface area contributed by atoms with Crippen LogP contribution in [0.2, 0.25) is 0 Å². The lowest BCUT2D eigenvalue weighted by molar-refractivity contribution is -0.138. The molecule has 2 aliphatic heterocycles. The van der Waals surface area contributed by atoms with Gasteiger partial charge in [0.1, 0.15) is 0 Å². The molecule has 0 aliphatic carbocycles. The number of likely N-dealkylation sites (tertiary alicyclic amines) is 1. The van der Waals surface area contributed by atoms with E-state index in [0.717, 1.165) is 45.7 Å². The predicted octanol–water partition coefficient (Wildman–Crippen LogP) is 0.607. The van der Waals surface area contributed by atoms with Gasteiger partial charge in [-0.1, -0.05) is 42.2 Å². The quantitative estimate of drug-likeness (QED) is 0.602. The van der Waals surface area contributed by atoms with E-state index in [2.05, 4.69) is 16.7 Å². The number of carbonyl (C=O) groups is 2. The average molecular weight is 325 g/mol. The molecule has 5 nitrogen and oxygen atoms in total. The first kappa shape index (κ1) is 16.5. The lowest BCUT2D eigenvalue weighted by Gasteiger charge is -2.47.